The molecule has 0 aliphatic carbocycles. The van der Waals surface area contributed by atoms with Gasteiger partial charge in [-0.3, -0.25) is 0 Å². The van der Waals surface area contributed by atoms with Gasteiger partial charge in [-0.15, -0.1) is 0 Å². The van der Waals surface area contributed by atoms with Crippen molar-refractivity contribution in [2.24, 2.45) is 5.41 Å². The van der Waals surface area contributed by atoms with Crippen molar-refractivity contribution in [1.82, 2.24) is 5.32 Å². The first-order valence-electron chi connectivity index (χ1n) is 6.10. The Morgan fingerprint density at radius 1 is 1.41 bits per heavy atom. The van der Waals surface area contributed by atoms with E-state index in [1.54, 1.807) is 0 Å². The smallest absolute Gasteiger partial charge is 0.125 e. The molecule has 1 aliphatic rings. The van der Waals surface area contributed by atoms with E-state index in [0.717, 1.165) is 36.2 Å². The number of benzene rings is 1. The summed E-state index contributed by atoms with van der Waals surface area (Å²) in [5, 5.41) is 3.26. The lowest BCUT2D eigenvalue weighted by molar-refractivity contribution is 0.326. The fraction of sp³-hybridized carbons (Fsp3) is 0.571. The molecule has 0 aromatic heterocycles. The lowest BCUT2D eigenvalue weighted by Gasteiger charge is -2.25. The van der Waals surface area contributed by atoms with Crippen LogP contribution in [0, 0.1) is 5.41 Å². The van der Waals surface area contributed by atoms with Gasteiger partial charge >= 0.3 is 0 Å². The van der Waals surface area contributed by atoms with Crippen molar-refractivity contribution in [3.05, 3.63) is 27.7 Å². The summed E-state index contributed by atoms with van der Waals surface area (Å²) < 4.78 is 6.93. The summed E-state index contributed by atoms with van der Waals surface area (Å²) in [7, 11) is 2.00. The summed E-state index contributed by atoms with van der Waals surface area (Å²) in [6.07, 6.45) is 2.07. The minimum atomic E-state index is 0.245. The fourth-order valence-electron chi connectivity index (χ4n) is 2.53. The summed E-state index contributed by atoms with van der Waals surface area (Å²) >= 11 is 3.59. The number of rotatable bonds is 4. The highest BCUT2D eigenvalue weighted by Crippen LogP contribution is 2.36. The molecule has 1 aromatic carbocycles. The molecular weight excluding hydrogens is 278 g/mol. The van der Waals surface area contributed by atoms with Crippen LogP contribution in [0.5, 0.6) is 5.75 Å². The van der Waals surface area contributed by atoms with E-state index in [2.05, 4.69) is 47.2 Å². The van der Waals surface area contributed by atoms with Crippen LogP contribution in [0.3, 0.4) is 0 Å². The molecule has 1 heterocycles. The third kappa shape index (κ3) is 3.02. The second kappa shape index (κ2) is 4.99. The first-order valence-corrected chi connectivity index (χ1v) is 6.90. The van der Waals surface area contributed by atoms with Crippen molar-refractivity contribution in [2.75, 3.05) is 20.2 Å². The van der Waals surface area contributed by atoms with Gasteiger partial charge in [0.2, 0.25) is 0 Å². The predicted molar refractivity (Wildman–Crippen MR) is 74.8 cm³/mol. The summed E-state index contributed by atoms with van der Waals surface area (Å²) in [5.41, 5.74) is 2.91. The van der Waals surface area contributed by atoms with Crippen LogP contribution in [0.2, 0.25) is 0 Å². The molecule has 2 nitrogen and oxygen atoms in total. The molecule has 0 saturated heterocycles. The molecular formula is C14H20BrNO. The van der Waals surface area contributed by atoms with E-state index in [1.807, 2.05) is 7.05 Å². The zero-order chi connectivity index (χ0) is 12.5. The van der Waals surface area contributed by atoms with Gasteiger partial charge in [0.25, 0.3) is 0 Å². The van der Waals surface area contributed by atoms with Crippen LogP contribution in [0.15, 0.2) is 16.6 Å². The van der Waals surface area contributed by atoms with Crippen molar-refractivity contribution in [1.29, 1.82) is 0 Å². The van der Waals surface area contributed by atoms with Crippen LogP contribution in [0.4, 0.5) is 0 Å². The van der Waals surface area contributed by atoms with Gasteiger partial charge in [-0.25, -0.2) is 0 Å². The molecule has 1 aromatic rings. The maximum absolute atomic E-state index is 5.77. The Labute approximate surface area is 112 Å². The lowest BCUT2D eigenvalue weighted by Crippen LogP contribution is -2.28. The number of nitrogens with one attached hydrogen (secondary N) is 1. The highest BCUT2D eigenvalue weighted by molar-refractivity contribution is 9.10. The number of hydrogen-bond donors (Lipinski definition) is 1. The van der Waals surface area contributed by atoms with Crippen LogP contribution in [0.25, 0.3) is 0 Å². The van der Waals surface area contributed by atoms with E-state index < -0.39 is 0 Å². The van der Waals surface area contributed by atoms with Crippen LogP contribution in [-0.2, 0) is 12.8 Å². The van der Waals surface area contributed by atoms with Crippen LogP contribution in [0.1, 0.15) is 25.0 Å². The molecule has 0 radical (unpaired) electrons. The summed E-state index contributed by atoms with van der Waals surface area (Å²) in [6, 6.07) is 4.37. The number of fused-ring (bicyclic) bond motifs is 1. The molecule has 2 rings (SSSR count). The third-order valence-electron chi connectivity index (χ3n) is 3.15. The van der Waals surface area contributed by atoms with Gasteiger partial charge in [-0.05, 0) is 42.1 Å². The SMILES string of the molecule is CNCC(C)(C)Cc1cc(Br)cc2c1OCC2. The van der Waals surface area contributed by atoms with Crippen molar-refractivity contribution >= 4 is 15.9 Å². The molecule has 94 valence electrons. The predicted octanol–water partition coefficient (Wildman–Crippen LogP) is 3.17. The highest BCUT2D eigenvalue weighted by Gasteiger charge is 2.23. The molecule has 0 saturated carbocycles. The zero-order valence-corrected chi connectivity index (χ0v) is 12.4. The standard InChI is InChI=1S/C14H20BrNO/c1-14(2,9-16-3)8-11-7-12(15)6-10-4-5-17-13(10)11/h6-7,16H,4-5,8-9H2,1-3H3. The quantitative estimate of drug-likeness (QED) is 0.922. The fourth-order valence-corrected chi connectivity index (χ4v) is 3.09. The summed E-state index contributed by atoms with van der Waals surface area (Å²) in [6.45, 7) is 6.40. The Bertz CT molecular complexity index is 415. The van der Waals surface area contributed by atoms with E-state index in [-0.39, 0.29) is 5.41 Å². The Hall–Kier alpha value is -0.540. The van der Waals surface area contributed by atoms with Gasteiger partial charge < -0.3 is 10.1 Å². The minimum absolute atomic E-state index is 0.245. The van der Waals surface area contributed by atoms with E-state index in [9.17, 15) is 0 Å². The molecule has 17 heavy (non-hydrogen) atoms. The topological polar surface area (TPSA) is 21.3 Å². The van der Waals surface area contributed by atoms with Gasteiger partial charge in [0.05, 0.1) is 6.61 Å². The van der Waals surface area contributed by atoms with E-state index in [1.165, 1.54) is 11.1 Å². The molecule has 0 bridgehead atoms. The van der Waals surface area contributed by atoms with Gasteiger partial charge in [-0.1, -0.05) is 29.8 Å². The number of ether oxygens (including phenoxy) is 1. The second-order valence-corrected chi connectivity index (χ2v) is 6.44. The lowest BCUT2D eigenvalue weighted by atomic mass is 9.85. The van der Waals surface area contributed by atoms with E-state index in [0.29, 0.717) is 0 Å². The summed E-state index contributed by atoms with van der Waals surface area (Å²) in [4.78, 5) is 0. The molecule has 0 atom stereocenters. The van der Waals surface area contributed by atoms with Crippen LogP contribution in [-0.4, -0.2) is 20.2 Å². The Morgan fingerprint density at radius 2 is 2.18 bits per heavy atom. The van der Waals surface area contributed by atoms with Crippen molar-refractivity contribution in [3.8, 4) is 5.75 Å². The molecule has 1 N–H and O–H groups in total. The molecule has 3 heteroatoms. The molecule has 1 aliphatic heterocycles. The largest absolute Gasteiger partial charge is 0.493 e. The maximum Gasteiger partial charge on any atom is 0.125 e. The average Bonchev–Trinajstić information content (AvgIpc) is 2.64. The molecule has 0 fully saturated rings. The summed E-state index contributed by atoms with van der Waals surface area (Å²) in [5.74, 6) is 1.12. The Morgan fingerprint density at radius 3 is 2.88 bits per heavy atom. The third-order valence-corrected chi connectivity index (χ3v) is 3.61. The average molecular weight is 298 g/mol. The highest BCUT2D eigenvalue weighted by atomic mass is 79.9. The number of hydrogen-bond acceptors (Lipinski definition) is 2. The van der Waals surface area contributed by atoms with Gasteiger partial charge in [0.1, 0.15) is 5.75 Å². The number of halogens is 1. The zero-order valence-electron chi connectivity index (χ0n) is 10.8. The minimum Gasteiger partial charge on any atom is -0.493 e. The van der Waals surface area contributed by atoms with Crippen LogP contribution < -0.4 is 10.1 Å². The Kier molecular flexibility index (Phi) is 3.79. The Balaban J connectivity index is 2.27. The van der Waals surface area contributed by atoms with Gasteiger partial charge in [0.15, 0.2) is 0 Å². The van der Waals surface area contributed by atoms with Crippen molar-refractivity contribution in [3.63, 3.8) is 0 Å². The monoisotopic (exact) mass is 297 g/mol. The second-order valence-electron chi connectivity index (χ2n) is 5.52. The maximum atomic E-state index is 5.77. The van der Waals surface area contributed by atoms with Gasteiger partial charge in [-0.2, -0.15) is 0 Å². The molecule has 0 spiro atoms. The van der Waals surface area contributed by atoms with Gasteiger partial charge in [0, 0.05) is 17.4 Å². The molecule has 0 unspecified atom stereocenters. The van der Waals surface area contributed by atoms with Crippen molar-refractivity contribution < 1.29 is 4.74 Å². The normalized spacial score (nSPS) is 14.6. The molecule has 0 amide bonds. The first-order chi connectivity index (χ1) is 8.02. The first kappa shape index (κ1) is 12.9. The van der Waals surface area contributed by atoms with Crippen molar-refractivity contribution in [2.45, 2.75) is 26.7 Å². The van der Waals surface area contributed by atoms with E-state index >= 15 is 0 Å². The van der Waals surface area contributed by atoms with E-state index in [4.69, 9.17) is 4.74 Å². The van der Waals surface area contributed by atoms with Crippen LogP contribution >= 0.6 is 15.9 Å².